The minimum atomic E-state index is -4.40. The molecule has 0 unspecified atom stereocenters. The highest BCUT2D eigenvalue weighted by Gasteiger charge is 2.30. The van der Waals surface area contributed by atoms with Gasteiger partial charge in [0.1, 0.15) is 5.82 Å². The Balaban J connectivity index is 2.34. The first-order valence-corrected chi connectivity index (χ1v) is 7.90. The fraction of sp³-hybridized carbons (Fsp3) is 0.316. The smallest absolute Gasteiger partial charge is 0.366 e. The third kappa shape index (κ3) is 5.05. The first-order chi connectivity index (χ1) is 11.7. The zero-order chi connectivity index (χ0) is 18.6. The van der Waals surface area contributed by atoms with E-state index in [1.165, 1.54) is 18.2 Å². The van der Waals surface area contributed by atoms with Gasteiger partial charge in [-0.25, -0.2) is 9.38 Å². The molecule has 2 nitrogen and oxygen atoms in total. The summed E-state index contributed by atoms with van der Waals surface area (Å²) in [4.78, 5) is 6.12. The average Bonchev–Trinajstić information content (AvgIpc) is 2.55. The molecule has 0 aliphatic carbocycles. The van der Waals surface area contributed by atoms with Gasteiger partial charge in [0.05, 0.1) is 17.6 Å². The predicted octanol–water partition coefficient (Wildman–Crippen LogP) is 5.36. The molecule has 0 aromatic heterocycles. The third-order valence-corrected chi connectivity index (χ3v) is 3.99. The lowest BCUT2D eigenvalue weighted by molar-refractivity contribution is -0.137. The summed E-state index contributed by atoms with van der Waals surface area (Å²) in [5.41, 5.74) is 1.61. The van der Waals surface area contributed by atoms with Crippen molar-refractivity contribution in [3.05, 3.63) is 64.5 Å². The number of halogens is 4. The Bertz CT molecular complexity index is 767. The van der Waals surface area contributed by atoms with Crippen molar-refractivity contribution in [3.63, 3.8) is 0 Å². The summed E-state index contributed by atoms with van der Waals surface area (Å²) in [6, 6.07) is 7.76. The normalized spacial score (nSPS) is 12.0. The van der Waals surface area contributed by atoms with Crippen LogP contribution in [-0.2, 0) is 12.6 Å². The molecule has 6 heteroatoms. The number of benzene rings is 2. The molecule has 0 spiro atoms. The van der Waals surface area contributed by atoms with Gasteiger partial charge in [-0.2, -0.15) is 13.2 Å². The number of hydrogen-bond donors (Lipinski definition) is 0. The minimum absolute atomic E-state index is 0.208. The molecule has 2 aromatic carbocycles. The van der Waals surface area contributed by atoms with Crippen molar-refractivity contribution in [2.45, 2.75) is 26.4 Å². The molecule has 0 atom stereocenters. The molecule has 134 valence electrons. The standard InChI is InChI=1S/C19H20F4N2/c1-4-25(3)12-24-18-11-17(20)10-15(13(18)2)8-14-6-5-7-16(9-14)19(21,22)23/h5-7,9-12H,4,8H2,1-3H3. The van der Waals surface area contributed by atoms with Gasteiger partial charge in [0.15, 0.2) is 0 Å². The van der Waals surface area contributed by atoms with Crippen molar-refractivity contribution in [2.24, 2.45) is 4.99 Å². The van der Waals surface area contributed by atoms with E-state index in [2.05, 4.69) is 4.99 Å². The zero-order valence-corrected chi connectivity index (χ0v) is 14.4. The van der Waals surface area contributed by atoms with E-state index in [1.54, 1.807) is 19.3 Å². The molecule has 0 radical (unpaired) electrons. The topological polar surface area (TPSA) is 15.6 Å². The highest BCUT2D eigenvalue weighted by Crippen LogP contribution is 2.31. The fourth-order valence-corrected chi connectivity index (χ4v) is 2.36. The third-order valence-electron chi connectivity index (χ3n) is 3.99. The number of aliphatic imine (C=N–C) groups is 1. The van der Waals surface area contributed by atoms with Gasteiger partial charge in [-0.15, -0.1) is 0 Å². The lowest BCUT2D eigenvalue weighted by Gasteiger charge is -2.13. The second-order valence-electron chi connectivity index (χ2n) is 5.90. The molecule has 0 saturated carbocycles. The molecule has 0 heterocycles. The maximum absolute atomic E-state index is 13.9. The molecule has 0 bridgehead atoms. The lowest BCUT2D eigenvalue weighted by atomic mass is 9.98. The quantitative estimate of drug-likeness (QED) is 0.402. The second-order valence-corrected chi connectivity index (χ2v) is 5.90. The summed E-state index contributed by atoms with van der Waals surface area (Å²) in [6.07, 6.45) is -2.58. The van der Waals surface area contributed by atoms with Crippen molar-refractivity contribution in [1.82, 2.24) is 4.90 Å². The predicted molar refractivity (Wildman–Crippen MR) is 91.8 cm³/mol. The van der Waals surface area contributed by atoms with E-state index in [0.29, 0.717) is 16.8 Å². The zero-order valence-electron chi connectivity index (χ0n) is 14.4. The van der Waals surface area contributed by atoms with E-state index in [9.17, 15) is 17.6 Å². The number of rotatable bonds is 5. The van der Waals surface area contributed by atoms with Crippen LogP contribution < -0.4 is 0 Å². The van der Waals surface area contributed by atoms with E-state index >= 15 is 0 Å². The second kappa shape index (κ2) is 7.68. The monoisotopic (exact) mass is 352 g/mol. The van der Waals surface area contributed by atoms with Gasteiger partial charge in [-0.1, -0.05) is 18.2 Å². The molecule has 0 amide bonds. The van der Waals surface area contributed by atoms with Crippen molar-refractivity contribution in [2.75, 3.05) is 13.6 Å². The Morgan fingerprint density at radius 3 is 2.52 bits per heavy atom. The van der Waals surface area contributed by atoms with E-state index in [0.717, 1.165) is 24.2 Å². The molecular weight excluding hydrogens is 332 g/mol. The maximum atomic E-state index is 13.9. The average molecular weight is 352 g/mol. The Morgan fingerprint density at radius 2 is 1.88 bits per heavy atom. The summed E-state index contributed by atoms with van der Waals surface area (Å²) < 4.78 is 52.4. The van der Waals surface area contributed by atoms with Crippen LogP contribution >= 0.6 is 0 Å². The first kappa shape index (κ1) is 19.0. The van der Waals surface area contributed by atoms with Crippen molar-refractivity contribution in [1.29, 1.82) is 0 Å². The molecule has 0 saturated heterocycles. The van der Waals surface area contributed by atoms with Gasteiger partial charge in [-0.3, -0.25) is 0 Å². The molecule has 0 fully saturated rings. The van der Waals surface area contributed by atoms with E-state index < -0.39 is 17.6 Å². The Kier molecular flexibility index (Phi) is 5.82. The molecule has 25 heavy (non-hydrogen) atoms. The highest BCUT2D eigenvalue weighted by atomic mass is 19.4. The van der Waals surface area contributed by atoms with Gasteiger partial charge in [0.25, 0.3) is 0 Å². The van der Waals surface area contributed by atoms with Gasteiger partial charge >= 0.3 is 6.18 Å². The highest BCUT2D eigenvalue weighted by molar-refractivity contribution is 5.64. The summed E-state index contributed by atoms with van der Waals surface area (Å²) in [5.74, 6) is -0.459. The lowest BCUT2D eigenvalue weighted by Crippen LogP contribution is -2.14. The molecule has 0 N–H and O–H groups in total. The molecule has 2 rings (SSSR count). The van der Waals surface area contributed by atoms with Crippen molar-refractivity contribution in [3.8, 4) is 0 Å². The SMILES string of the molecule is CCN(C)C=Nc1cc(F)cc(Cc2cccc(C(F)(F)F)c2)c1C. The Morgan fingerprint density at radius 1 is 1.16 bits per heavy atom. The number of hydrogen-bond acceptors (Lipinski definition) is 1. The van der Waals surface area contributed by atoms with E-state index in [4.69, 9.17) is 0 Å². The van der Waals surface area contributed by atoms with Gasteiger partial charge < -0.3 is 4.90 Å². The fourth-order valence-electron chi connectivity index (χ4n) is 2.36. The van der Waals surface area contributed by atoms with Crippen LogP contribution in [0.2, 0.25) is 0 Å². The van der Waals surface area contributed by atoms with Crippen LogP contribution in [-0.4, -0.2) is 24.8 Å². The Hall–Kier alpha value is -2.37. The maximum Gasteiger partial charge on any atom is 0.416 e. The first-order valence-electron chi connectivity index (χ1n) is 7.90. The number of nitrogens with zero attached hydrogens (tertiary/aromatic N) is 2. The summed E-state index contributed by atoms with van der Waals surface area (Å²) in [7, 11) is 1.85. The van der Waals surface area contributed by atoms with Crippen LogP contribution in [0.4, 0.5) is 23.2 Å². The van der Waals surface area contributed by atoms with Gasteiger partial charge in [0, 0.05) is 13.6 Å². The molecule has 0 aliphatic heterocycles. The largest absolute Gasteiger partial charge is 0.416 e. The van der Waals surface area contributed by atoms with Gasteiger partial charge in [-0.05, 0) is 55.2 Å². The van der Waals surface area contributed by atoms with Crippen molar-refractivity contribution >= 4 is 12.0 Å². The minimum Gasteiger partial charge on any atom is -0.366 e. The molecule has 0 aliphatic rings. The van der Waals surface area contributed by atoms with Crippen LogP contribution in [0.25, 0.3) is 0 Å². The van der Waals surface area contributed by atoms with Crippen LogP contribution in [0.1, 0.15) is 29.2 Å². The Labute approximate surface area is 144 Å². The number of alkyl halides is 3. The summed E-state index contributed by atoms with van der Waals surface area (Å²) >= 11 is 0. The van der Waals surface area contributed by atoms with Crippen LogP contribution in [0.5, 0.6) is 0 Å². The molecular formula is C19H20F4N2. The van der Waals surface area contributed by atoms with Crippen molar-refractivity contribution < 1.29 is 17.6 Å². The summed E-state index contributed by atoms with van der Waals surface area (Å²) in [5, 5.41) is 0. The van der Waals surface area contributed by atoms with Crippen LogP contribution in [0, 0.1) is 12.7 Å². The van der Waals surface area contributed by atoms with E-state index in [1.807, 2.05) is 18.9 Å². The van der Waals surface area contributed by atoms with Gasteiger partial charge in [0.2, 0.25) is 0 Å². The molecule has 2 aromatic rings. The summed E-state index contributed by atoms with van der Waals surface area (Å²) in [6.45, 7) is 4.51. The van der Waals surface area contributed by atoms with Crippen LogP contribution in [0.3, 0.4) is 0 Å². The van der Waals surface area contributed by atoms with E-state index in [-0.39, 0.29) is 6.42 Å². The van der Waals surface area contributed by atoms with Crippen LogP contribution in [0.15, 0.2) is 41.4 Å².